The number of furan rings is 1. The lowest BCUT2D eigenvalue weighted by atomic mass is 10.2. The average molecular weight is 312 g/mol. The molecule has 0 fully saturated rings. The average Bonchev–Trinajstić information content (AvgIpc) is 2.94. The maximum Gasteiger partial charge on any atom is 0.153 e. The van der Waals surface area contributed by atoms with Gasteiger partial charge in [0, 0.05) is 20.2 Å². The lowest BCUT2D eigenvalue weighted by Gasteiger charge is -2.04. The van der Waals surface area contributed by atoms with Gasteiger partial charge in [-0.05, 0) is 37.3 Å². The topological polar surface area (TPSA) is 39.2 Å². The van der Waals surface area contributed by atoms with E-state index >= 15 is 0 Å². The Hall–Kier alpha value is -1.000. The Kier molecular flexibility index (Phi) is 3.31. The number of fused-ring (bicyclic) bond motifs is 1. The Morgan fingerprint density at radius 1 is 1.21 bits per heavy atom. The highest BCUT2D eigenvalue weighted by Gasteiger charge is 2.17. The van der Waals surface area contributed by atoms with Crippen molar-refractivity contribution in [1.82, 2.24) is 0 Å². The summed E-state index contributed by atoms with van der Waals surface area (Å²) in [5.41, 5.74) is 6.85. The SMILES string of the molecule is Cc1ccc(C(N)c2cc3cc(Cl)cc(Cl)c3o2)s1. The molecule has 2 nitrogen and oxygen atoms in total. The van der Waals surface area contributed by atoms with Gasteiger partial charge in [0.05, 0.1) is 11.1 Å². The molecule has 0 amide bonds. The van der Waals surface area contributed by atoms with Crippen LogP contribution in [0.5, 0.6) is 0 Å². The fourth-order valence-electron chi connectivity index (χ4n) is 2.01. The van der Waals surface area contributed by atoms with Gasteiger partial charge in [0.25, 0.3) is 0 Å². The number of hydrogen-bond donors (Lipinski definition) is 1. The van der Waals surface area contributed by atoms with Crippen molar-refractivity contribution in [1.29, 1.82) is 0 Å². The van der Waals surface area contributed by atoms with Gasteiger partial charge < -0.3 is 10.2 Å². The predicted octanol–water partition coefficient (Wildman–Crippen LogP) is 5.16. The second kappa shape index (κ2) is 4.84. The highest BCUT2D eigenvalue weighted by Crippen LogP contribution is 2.34. The van der Waals surface area contributed by atoms with E-state index in [0.717, 1.165) is 10.3 Å². The summed E-state index contributed by atoms with van der Waals surface area (Å²) in [4.78, 5) is 2.29. The summed E-state index contributed by atoms with van der Waals surface area (Å²) in [6.45, 7) is 2.05. The normalized spacial score (nSPS) is 13.1. The molecule has 0 saturated carbocycles. The summed E-state index contributed by atoms with van der Waals surface area (Å²) in [5, 5.41) is 1.96. The van der Waals surface area contributed by atoms with Crippen LogP contribution in [-0.4, -0.2) is 0 Å². The molecule has 0 aliphatic rings. The molecule has 2 heterocycles. The first-order chi connectivity index (χ1) is 9.04. The van der Waals surface area contributed by atoms with Gasteiger partial charge in [-0.25, -0.2) is 0 Å². The molecule has 0 radical (unpaired) electrons. The molecule has 0 saturated heterocycles. The molecule has 0 aliphatic carbocycles. The Morgan fingerprint density at radius 2 is 2.00 bits per heavy atom. The zero-order valence-electron chi connectivity index (χ0n) is 10.1. The second-order valence-electron chi connectivity index (χ2n) is 4.38. The number of hydrogen-bond acceptors (Lipinski definition) is 3. The van der Waals surface area contributed by atoms with E-state index in [9.17, 15) is 0 Å². The predicted molar refractivity (Wildman–Crippen MR) is 81.3 cm³/mol. The number of nitrogens with two attached hydrogens (primary N) is 1. The summed E-state index contributed by atoms with van der Waals surface area (Å²) in [7, 11) is 0. The van der Waals surface area contributed by atoms with Gasteiger partial charge in [-0.15, -0.1) is 11.3 Å². The standard InChI is InChI=1S/C14H11Cl2NOS/c1-7-2-3-12(19-7)13(17)11-5-8-4-9(15)6-10(16)14(8)18-11/h2-6,13H,17H2,1H3. The molecule has 0 bridgehead atoms. The molecule has 2 N–H and O–H groups in total. The monoisotopic (exact) mass is 311 g/mol. The minimum atomic E-state index is -0.277. The summed E-state index contributed by atoms with van der Waals surface area (Å²) in [6, 6.07) is 9.17. The van der Waals surface area contributed by atoms with Crippen LogP contribution in [-0.2, 0) is 0 Å². The molecule has 1 aromatic carbocycles. The van der Waals surface area contributed by atoms with E-state index < -0.39 is 0 Å². The van der Waals surface area contributed by atoms with Gasteiger partial charge >= 0.3 is 0 Å². The van der Waals surface area contributed by atoms with Crippen molar-refractivity contribution in [3.63, 3.8) is 0 Å². The molecule has 3 rings (SSSR count). The fraction of sp³-hybridized carbons (Fsp3) is 0.143. The number of thiophene rings is 1. The summed E-state index contributed by atoms with van der Waals surface area (Å²) >= 11 is 13.8. The van der Waals surface area contributed by atoms with E-state index in [1.54, 1.807) is 17.4 Å². The third-order valence-electron chi connectivity index (χ3n) is 2.93. The molecule has 0 aliphatic heterocycles. The van der Waals surface area contributed by atoms with Gasteiger partial charge in [-0.3, -0.25) is 0 Å². The summed E-state index contributed by atoms with van der Waals surface area (Å²) < 4.78 is 5.77. The van der Waals surface area contributed by atoms with Gasteiger partial charge in [-0.2, -0.15) is 0 Å². The zero-order valence-corrected chi connectivity index (χ0v) is 12.4. The van der Waals surface area contributed by atoms with Crippen molar-refractivity contribution in [2.45, 2.75) is 13.0 Å². The van der Waals surface area contributed by atoms with Crippen molar-refractivity contribution >= 4 is 45.5 Å². The van der Waals surface area contributed by atoms with Crippen molar-refractivity contribution in [2.24, 2.45) is 5.73 Å². The Bertz CT molecular complexity index is 747. The van der Waals surface area contributed by atoms with Crippen LogP contribution >= 0.6 is 34.5 Å². The molecule has 5 heteroatoms. The molecule has 19 heavy (non-hydrogen) atoms. The molecule has 1 unspecified atom stereocenters. The van der Waals surface area contributed by atoms with Gasteiger partial charge in [-0.1, -0.05) is 23.2 Å². The largest absolute Gasteiger partial charge is 0.457 e. The number of halogens is 2. The zero-order chi connectivity index (χ0) is 13.6. The van der Waals surface area contributed by atoms with E-state index in [1.165, 1.54) is 4.88 Å². The van der Waals surface area contributed by atoms with E-state index in [4.69, 9.17) is 33.4 Å². The molecule has 2 aromatic heterocycles. The number of rotatable bonds is 2. The lowest BCUT2D eigenvalue weighted by molar-refractivity contribution is 0.528. The van der Waals surface area contributed by atoms with Crippen LogP contribution in [0, 0.1) is 6.92 Å². The molecular formula is C14H11Cl2NOS. The molecule has 1 atom stereocenters. The second-order valence-corrected chi connectivity index (χ2v) is 6.54. The highest BCUT2D eigenvalue weighted by molar-refractivity contribution is 7.12. The van der Waals surface area contributed by atoms with E-state index in [-0.39, 0.29) is 6.04 Å². The van der Waals surface area contributed by atoms with Crippen molar-refractivity contribution in [2.75, 3.05) is 0 Å². The first-order valence-electron chi connectivity index (χ1n) is 5.75. The maximum absolute atomic E-state index is 6.22. The van der Waals surface area contributed by atoms with Crippen LogP contribution in [0.15, 0.2) is 34.7 Å². The molecule has 98 valence electrons. The van der Waals surface area contributed by atoms with Gasteiger partial charge in [0.1, 0.15) is 5.76 Å². The van der Waals surface area contributed by atoms with E-state index in [1.807, 2.05) is 24.3 Å². The van der Waals surface area contributed by atoms with Crippen LogP contribution in [0.3, 0.4) is 0 Å². The van der Waals surface area contributed by atoms with Gasteiger partial charge in [0.15, 0.2) is 5.58 Å². The summed E-state index contributed by atoms with van der Waals surface area (Å²) in [6.07, 6.45) is 0. The van der Waals surface area contributed by atoms with Crippen LogP contribution in [0.2, 0.25) is 10.0 Å². The first kappa shape index (κ1) is 13.0. The molecule has 3 aromatic rings. The highest BCUT2D eigenvalue weighted by atomic mass is 35.5. The van der Waals surface area contributed by atoms with Crippen LogP contribution < -0.4 is 5.73 Å². The Morgan fingerprint density at radius 3 is 2.68 bits per heavy atom. The van der Waals surface area contributed by atoms with E-state index in [2.05, 4.69) is 6.92 Å². The first-order valence-corrected chi connectivity index (χ1v) is 7.32. The van der Waals surface area contributed by atoms with Crippen LogP contribution in [0.1, 0.15) is 21.6 Å². The third kappa shape index (κ3) is 2.39. The molecular weight excluding hydrogens is 301 g/mol. The quantitative estimate of drug-likeness (QED) is 0.710. The van der Waals surface area contributed by atoms with Crippen molar-refractivity contribution in [3.05, 3.63) is 55.9 Å². The Labute approximate surface area is 124 Å². The third-order valence-corrected chi connectivity index (χ3v) is 4.51. The number of benzene rings is 1. The summed E-state index contributed by atoms with van der Waals surface area (Å²) in [5.74, 6) is 0.695. The van der Waals surface area contributed by atoms with Crippen molar-refractivity contribution in [3.8, 4) is 0 Å². The maximum atomic E-state index is 6.22. The van der Waals surface area contributed by atoms with Crippen molar-refractivity contribution < 1.29 is 4.42 Å². The fourth-order valence-corrected chi connectivity index (χ4v) is 3.44. The lowest BCUT2D eigenvalue weighted by Crippen LogP contribution is -2.08. The minimum Gasteiger partial charge on any atom is -0.457 e. The van der Waals surface area contributed by atoms with Crippen LogP contribution in [0.4, 0.5) is 0 Å². The van der Waals surface area contributed by atoms with Gasteiger partial charge in [0.2, 0.25) is 0 Å². The minimum absolute atomic E-state index is 0.277. The number of aryl methyl sites for hydroxylation is 1. The Balaban J connectivity index is 2.08. The van der Waals surface area contributed by atoms with Crippen LogP contribution in [0.25, 0.3) is 11.0 Å². The van der Waals surface area contributed by atoms with E-state index in [0.29, 0.717) is 21.4 Å². The smallest absolute Gasteiger partial charge is 0.153 e. The molecule has 0 spiro atoms.